The number of nitrogens with one attached hydrogen (secondary N) is 1. The molecule has 1 amide bonds. The van der Waals surface area contributed by atoms with Crippen LogP contribution in [0.1, 0.15) is 47.9 Å². The molecule has 0 unspecified atom stereocenters. The molecular formula is C27H29N5O3. The predicted molar refractivity (Wildman–Crippen MR) is 135 cm³/mol. The second-order valence-electron chi connectivity index (χ2n) is 8.23. The minimum atomic E-state index is -0.193. The van der Waals surface area contributed by atoms with Gasteiger partial charge in [-0.25, -0.2) is 4.68 Å². The number of amides is 1. The van der Waals surface area contributed by atoms with Crippen LogP contribution in [-0.4, -0.2) is 32.5 Å². The molecule has 0 aliphatic carbocycles. The monoisotopic (exact) mass is 471 g/mol. The van der Waals surface area contributed by atoms with Crippen molar-refractivity contribution in [3.05, 3.63) is 83.7 Å². The first kappa shape index (κ1) is 23.9. The predicted octanol–water partition coefficient (Wildman–Crippen LogP) is 5.89. The van der Waals surface area contributed by atoms with Gasteiger partial charge in [0.05, 0.1) is 12.3 Å². The fourth-order valence-electron chi connectivity index (χ4n) is 3.52. The summed E-state index contributed by atoms with van der Waals surface area (Å²) in [6.07, 6.45) is 3.33. The summed E-state index contributed by atoms with van der Waals surface area (Å²) < 4.78 is 13.2. The third kappa shape index (κ3) is 6.44. The van der Waals surface area contributed by atoms with Crippen LogP contribution >= 0.6 is 0 Å². The molecule has 1 N–H and O–H groups in total. The van der Waals surface area contributed by atoms with Crippen molar-refractivity contribution in [1.29, 1.82) is 0 Å². The number of nitrogens with zero attached hydrogens (tertiary/aromatic N) is 4. The summed E-state index contributed by atoms with van der Waals surface area (Å²) in [5.41, 5.74) is 3.12. The molecule has 0 fully saturated rings. The number of carbonyl (C=O) groups is 1. The highest BCUT2D eigenvalue weighted by Gasteiger charge is 2.09. The largest absolute Gasteiger partial charge is 0.494 e. The summed E-state index contributed by atoms with van der Waals surface area (Å²) in [6, 6.07) is 19.8. The van der Waals surface area contributed by atoms with E-state index in [1.165, 1.54) is 0 Å². The number of unbranched alkanes of at least 4 members (excludes halogenated alkanes) is 2. The summed E-state index contributed by atoms with van der Waals surface area (Å²) in [6.45, 7) is 6.74. The van der Waals surface area contributed by atoms with Gasteiger partial charge in [0.2, 0.25) is 5.88 Å². The van der Waals surface area contributed by atoms with Crippen molar-refractivity contribution in [3.63, 3.8) is 0 Å². The lowest BCUT2D eigenvalue weighted by Gasteiger charge is -2.09. The van der Waals surface area contributed by atoms with Gasteiger partial charge < -0.3 is 14.8 Å². The van der Waals surface area contributed by atoms with Gasteiger partial charge in [0.1, 0.15) is 11.5 Å². The van der Waals surface area contributed by atoms with E-state index in [1.807, 2.05) is 32.0 Å². The Hall–Kier alpha value is -4.20. The molecule has 4 rings (SSSR count). The van der Waals surface area contributed by atoms with E-state index in [0.29, 0.717) is 35.3 Å². The van der Waals surface area contributed by atoms with Gasteiger partial charge in [-0.1, -0.05) is 19.8 Å². The second-order valence-corrected chi connectivity index (χ2v) is 8.23. The normalized spacial score (nSPS) is 10.7. The molecule has 0 radical (unpaired) electrons. The molecule has 4 aromatic rings. The molecule has 0 aliphatic heterocycles. The summed E-state index contributed by atoms with van der Waals surface area (Å²) in [7, 11) is 0. The van der Waals surface area contributed by atoms with Crippen LogP contribution in [0.5, 0.6) is 17.4 Å². The third-order valence-electron chi connectivity index (χ3n) is 5.32. The Morgan fingerprint density at radius 3 is 2.29 bits per heavy atom. The van der Waals surface area contributed by atoms with Gasteiger partial charge in [-0.3, -0.25) is 4.79 Å². The zero-order valence-electron chi connectivity index (χ0n) is 20.2. The average molecular weight is 472 g/mol. The number of hydrogen-bond donors (Lipinski definition) is 1. The Labute approximate surface area is 204 Å². The van der Waals surface area contributed by atoms with E-state index < -0.39 is 0 Å². The van der Waals surface area contributed by atoms with Gasteiger partial charge in [-0.15, -0.1) is 10.2 Å². The van der Waals surface area contributed by atoms with E-state index >= 15 is 0 Å². The van der Waals surface area contributed by atoms with Crippen molar-refractivity contribution in [2.45, 2.75) is 40.0 Å². The molecular weight excluding hydrogens is 442 g/mol. The van der Waals surface area contributed by atoms with Crippen molar-refractivity contribution < 1.29 is 14.3 Å². The van der Waals surface area contributed by atoms with Crippen LogP contribution in [0, 0.1) is 13.8 Å². The number of aryl methyl sites for hydroxylation is 2. The quantitative estimate of drug-likeness (QED) is 0.290. The number of rotatable bonds is 10. The summed E-state index contributed by atoms with van der Waals surface area (Å²) in [5, 5.41) is 15.6. The highest BCUT2D eigenvalue weighted by molar-refractivity contribution is 6.04. The van der Waals surface area contributed by atoms with Crippen LogP contribution in [0.25, 0.3) is 5.82 Å². The number of ether oxygens (including phenoxy) is 2. The number of carbonyl (C=O) groups excluding carboxylic acids is 1. The lowest BCUT2D eigenvalue weighted by atomic mass is 10.2. The fraction of sp³-hybridized carbons (Fsp3) is 0.259. The molecule has 0 bridgehead atoms. The molecule has 2 aromatic carbocycles. The first-order valence-electron chi connectivity index (χ1n) is 11.7. The van der Waals surface area contributed by atoms with E-state index in [-0.39, 0.29) is 5.91 Å². The van der Waals surface area contributed by atoms with E-state index in [2.05, 4.69) is 27.5 Å². The Morgan fingerprint density at radius 2 is 1.66 bits per heavy atom. The van der Waals surface area contributed by atoms with Crippen LogP contribution in [-0.2, 0) is 0 Å². The number of anilines is 1. The van der Waals surface area contributed by atoms with Gasteiger partial charge in [0, 0.05) is 23.0 Å². The van der Waals surface area contributed by atoms with E-state index in [9.17, 15) is 4.79 Å². The highest BCUT2D eigenvalue weighted by Crippen LogP contribution is 2.22. The first-order chi connectivity index (χ1) is 17.0. The SMILES string of the molecule is CCCCCOc1ccc(C(=O)Nc2ccc(Oc3ccc(-n4nc(C)cc4C)nn3)cc2)cc1. The minimum absolute atomic E-state index is 0.193. The topological polar surface area (TPSA) is 91.2 Å². The van der Waals surface area contributed by atoms with Crippen LogP contribution in [0.15, 0.2) is 66.7 Å². The summed E-state index contributed by atoms with van der Waals surface area (Å²) in [5.74, 6) is 2.15. The number of hydrogen-bond acceptors (Lipinski definition) is 6. The lowest BCUT2D eigenvalue weighted by molar-refractivity contribution is 0.102. The van der Waals surface area contributed by atoms with E-state index in [1.54, 1.807) is 53.2 Å². The molecule has 2 heterocycles. The molecule has 0 spiro atoms. The molecule has 0 saturated carbocycles. The van der Waals surface area contributed by atoms with Crippen molar-refractivity contribution in [2.75, 3.05) is 11.9 Å². The zero-order valence-corrected chi connectivity index (χ0v) is 20.2. The van der Waals surface area contributed by atoms with Crippen molar-refractivity contribution >= 4 is 11.6 Å². The van der Waals surface area contributed by atoms with Gasteiger partial charge in [0.15, 0.2) is 5.82 Å². The number of benzene rings is 2. The lowest BCUT2D eigenvalue weighted by Crippen LogP contribution is -2.11. The molecule has 0 aliphatic rings. The smallest absolute Gasteiger partial charge is 0.255 e. The fourth-order valence-corrected chi connectivity index (χ4v) is 3.52. The third-order valence-corrected chi connectivity index (χ3v) is 5.32. The van der Waals surface area contributed by atoms with Gasteiger partial charge in [-0.05, 0) is 80.9 Å². The Kier molecular flexibility index (Phi) is 7.72. The summed E-state index contributed by atoms with van der Waals surface area (Å²) >= 11 is 0. The van der Waals surface area contributed by atoms with Crippen molar-refractivity contribution in [3.8, 4) is 23.2 Å². The van der Waals surface area contributed by atoms with Gasteiger partial charge >= 0.3 is 0 Å². The van der Waals surface area contributed by atoms with Crippen molar-refractivity contribution in [1.82, 2.24) is 20.0 Å². The van der Waals surface area contributed by atoms with Crippen LogP contribution in [0.3, 0.4) is 0 Å². The van der Waals surface area contributed by atoms with Crippen LogP contribution < -0.4 is 14.8 Å². The molecule has 8 nitrogen and oxygen atoms in total. The zero-order chi connectivity index (χ0) is 24.6. The molecule has 35 heavy (non-hydrogen) atoms. The second kappa shape index (κ2) is 11.3. The van der Waals surface area contributed by atoms with Gasteiger partial charge in [-0.2, -0.15) is 5.10 Å². The maximum Gasteiger partial charge on any atom is 0.255 e. The highest BCUT2D eigenvalue weighted by atomic mass is 16.5. The van der Waals surface area contributed by atoms with E-state index in [0.717, 1.165) is 36.4 Å². The number of aromatic nitrogens is 4. The maximum absolute atomic E-state index is 12.6. The van der Waals surface area contributed by atoms with Crippen LogP contribution in [0.4, 0.5) is 5.69 Å². The minimum Gasteiger partial charge on any atom is -0.494 e. The van der Waals surface area contributed by atoms with E-state index in [4.69, 9.17) is 9.47 Å². The molecule has 2 aromatic heterocycles. The van der Waals surface area contributed by atoms with Crippen molar-refractivity contribution in [2.24, 2.45) is 0 Å². The van der Waals surface area contributed by atoms with Gasteiger partial charge in [0.25, 0.3) is 5.91 Å². The first-order valence-corrected chi connectivity index (χ1v) is 11.7. The molecule has 8 heteroatoms. The summed E-state index contributed by atoms with van der Waals surface area (Å²) in [4.78, 5) is 12.6. The Balaban J connectivity index is 1.31. The molecule has 0 saturated heterocycles. The Bertz CT molecular complexity index is 1250. The standard InChI is InChI=1S/C27H29N5O3/c1-4-5-6-17-34-23-11-7-21(8-12-23)27(33)28-22-9-13-24(14-10-22)35-26-16-15-25(29-30-26)32-20(3)18-19(2)31-32/h7-16,18H,4-6,17H2,1-3H3,(H,28,33). The molecule has 180 valence electrons. The molecule has 0 atom stereocenters. The Morgan fingerprint density at radius 1 is 0.914 bits per heavy atom. The average Bonchev–Trinajstić information content (AvgIpc) is 3.21. The maximum atomic E-state index is 12.6. The van der Waals surface area contributed by atoms with Crippen LogP contribution in [0.2, 0.25) is 0 Å².